The van der Waals surface area contributed by atoms with Crippen LogP contribution in [0.4, 0.5) is 20.3 Å². The maximum absolute atomic E-state index is 15.0. The summed E-state index contributed by atoms with van der Waals surface area (Å²) in [5, 5.41) is 8.96. The summed E-state index contributed by atoms with van der Waals surface area (Å²) >= 11 is 0. The highest BCUT2D eigenvalue weighted by molar-refractivity contribution is 5.91. The van der Waals surface area contributed by atoms with Crippen LogP contribution >= 0.6 is 0 Å². The fourth-order valence-electron chi connectivity index (χ4n) is 5.22. The topological polar surface area (TPSA) is 81.0 Å². The second kappa shape index (κ2) is 12.0. The summed E-state index contributed by atoms with van der Waals surface area (Å²) in [6.07, 6.45) is 7.03. The number of hydrogen-bond acceptors (Lipinski definition) is 7. The number of anilines is 2. The molecule has 210 valence electrons. The van der Waals surface area contributed by atoms with E-state index in [0.29, 0.717) is 30.5 Å². The van der Waals surface area contributed by atoms with Gasteiger partial charge >= 0.3 is 0 Å². The summed E-state index contributed by atoms with van der Waals surface area (Å²) < 4.78 is 36.9. The number of likely N-dealkylation sites (tertiary alicyclic amines) is 1. The van der Waals surface area contributed by atoms with E-state index in [1.807, 2.05) is 42.5 Å². The van der Waals surface area contributed by atoms with E-state index >= 15 is 0 Å². The third-order valence-electron chi connectivity index (χ3n) is 7.17. The van der Waals surface area contributed by atoms with Crippen LogP contribution in [0, 0.1) is 11.6 Å². The Morgan fingerprint density at radius 3 is 2.41 bits per heavy atom. The first kappa shape index (κ1) is 26.8. The number of piperidine rings is 1. The number of halogens is 2. The Morgan fingerprint density at radius 1 is 0.902 bits per heavy atom. The number of nitrogens with zero attached hydrogens (tertiary/aromatic N) is 6. The summed E-state index contributed by atoms with van der Waals surface area (Å²) in [5.74, 6) is -0.129. The number of pyridine rings is 1. The van der Waals surface area contributed by atoms with Gasteiger partial charge in [0.25, 0.3) is 0 Å². The monoisotopic (exact) mass is 555 g/mol. The number of rotatable bonds is 9. The molecule has 10 heteroatoms. The van der Waals surface area contributed by atoms with Crippen molar-refractivity contribution < 1.29 is 13.5 Å². The predicted molar refractivity (Wildman–Crippen MR) is 154 cm³/mol. The smallest absolute Gasteiger partial charge is 0.183 e. The predicted octanol–water partition coefficient (Wildman–Crippen LogP) is 6.34. The van der Waals surface area contributed by atoms with E-state index in [0.717, 1.165) is 35.4 Å². The van der Waals surface area contributed by atoms with Gasteiger partial charge in [-0.15, -0.1) is 0 Å². The molecule has 1 N–H and O–H groups in total. The number of hydrogen-bond donors (Lipinski definition) is 1. The quantitative estimate of drug-likeness (QED) is 0.227. The Bertz CT molecular complexity index is 1630. The molecule has 0 radical (unpaired) electrons. The summed E-state index contributed by atoms with van der Waals surface area (Å²) in [6.45, 7) is 4.75. The molecule has 0 bridgehead atoms. The molecule has 1 saturated heterocycles. The third kappa shape index (κ3) is 6.02. The Labute approximate surface area is 237 Å². The third-order valence-corrected chi connectivity index (χ3v) is 7.17. The minimum atomic E-state index is -0.682. The lowest BCUT2D eigenvalue weighted by molar-refractivity contribution is 0.218. The molecule has 0 saturated carbocycles. The lowest BCUT2D eigenvalue weighted by Crippen LogP contribution is -2.29. The molecule has 1 aliphatic heterocycles. The van der Waals surface area contributed by atoms with Gasteiger partial charge in [0.05, 0.1) is 24.4 Å². The molecule has 0 atom stereocenters. The zero-order valence-electron chi connectivity index (χ0n) is 22.9. The van der Waals surface area contributed by atoms with Gasteiger partial charge in [-0.05, 0) is 51.1 Å². The fourth-order valence-corrected chi connectivity index (χ4v) is 5.22. The molecule has 0 aliphatic carbocycles. The molecular formula is C31H31F2N7O. The highest BCUT2D eigenvalue weighted by Crippen LogP contribution is 2.30. The van der Waals surface area contributed by atoms with Crippen molar-refractivity contribution in [2.75, 3.05) is 25.0 Å². The summed E-state index contributed by atoms with van der Waals surface area (Å²) in [4.78, 5) is 16.3. The Hall–Kier alpha value is -4.44. The van der Waals surface area contributed by atoms with Crippen LogP contribution in [0.25, 0.3) is 22.4 Å². The highest BCUT2D eigenvalue weighted by Gasteiger charge is 2.20. The van der Waals surface area contributed by atoms with Crippen LogP contribution < -0.4 is 10.1 Å². The van der Waals surface area contributed by atoms with Crippen molar-refractivity contribution >= 4 is 22.4 Å². The molecule has 2 aromatic carbocycles. The molecule has 3 aromatic heterocycles. The van der Waals surface area contributed by atoms with Crippen molar-refractivity contribution in [2.45, 2.75) is 39.3 Å². The van der Waals surface area contributed by atoms with Crippen LogP contribution in [0.2, 0.25) is 0 Å². The molecule has 0 amide bonds. The van der Waals surface area contributed by atoms with Crippen LogP contribution in [0.5, 0.6) is 5.75 Å². The van der Waals surface area contributed by atoms with Gasteiger partial charge < -0.3 is 10.1 Å². The van der Waals surface area contributed by atoms with Crippen molar-refractivity contribution in [3.05, 3.63) is 89.9 Å². The first-order valence-corrected chi connectivity index (χ1v) is 13.9. The lowest BCUT2D eigenvalue weighted by atomic mass is 10.1. The van der Waals surface area contributed by atoms with Gasteiger partial charge in [0.2, 0.25) is 0 Å². The average molecular weight is 556 g/mol. The van der Waals surface area contributed by atoms with E-state index in [4.69, 9.17) is 19.8 Å². The van der Waals surface area contributed by atoms with Crippen molar-refractivity contribution in [3.63, 3.8) is 0 Å². The zero-order valence-corrected chi connectivity index (χ0v) is 22.9. The second-order valence-electron chi connectivity index (χ2n) is 10.1. The number of para-hydroxylation sites is 1. The molecule has 41 heavy (non-hydrogen) atoms. The minimum Gasteiger partial charge on any atom is -0.494 e. The number of aromatic nitrogens is 5. The van der Waals surface area contributed by atoms with Crippen LogP contribution in [0.15, 0.2) is 67.0 Å². The van der Waals surface area contributed by atoms with Crippen molar-refractivity contribution in [1.29, 1.82) is 0 Å². The Morgan fingerprint density at radius 2 is 1.66 bits per heavy atom. The van der Waals surface area contributed by atoms with Gasteiger partial charge in [-0.3, -0.25) is 14.6 Å². The lowest BCUT2D eigenvalue weighted by Gasteiger charge is -2.26. The normalized spacial score (nSPS) is 13.9. The first-order valence-electron chi connectivity index (χ1n) is 13.9. The second-order valence-corrected chi connectivity index (χ2v) is 10.1. The number of fused-ring (bicyclic) bond motifs is 1. The van der Waals surface area contributed by atoms with Crippen LogP contribution in [-0.2, 0) is 13.1 Å². The van der Waals surface area contributed by atoms with Gasteiger partial charge in [0.1, 0.15) is 28.9 Å². The number of ether oxygens (including phenoxy) is 1. The molecule has 1 fully saturated rings. The van der Waals surface area contributed by atoms with E-state index in [-0.39, 0.29) is 17.9 Å². The minimum absolute atomic E-state index is 0.0898. The number of nitrogens with one attached hydrogen (secondary N) is 1. The fraction of sp³-hybridized carbons (Fsp3) is 0.290. The number of benzene rings is 2. The van der Waals surface area contributed by atoms with E-state index < -0.39 is 11.6 Å². The van der Waals surface area contributed by atoms with Crippen LogP contribution in [0.3, 0.4) is 0 Å². The van der Waals surface area contributed by atoms with Gasteiger partial charge in [-0.1, -0.05) is 24.6 Å². The van der Waals surface area contributed by atoms with Crippen LogP contribution in [0.1, 0.15) is 37.4 Å². The standard InChI is InChI=1S/C31H31F2N7O/c1-2-41-23-17-26(32)25(27(33)18-23)20-40-28-9-5-4-8-24(28)30(38-40)31-36-22(19-39-14-6-3-7-15-39)16-29(37-31)35-21-10-12-34-13-11-21/h4-5,8-13,16-18H,2-3,6-7,14-15,19-20H2,1H3,(H,34,35,36,37). The maximum Gasteiger partial charge on any atom is 0.183 e. The molecule has 1 aliphatic rings. The van der Waals surface area contributed by atoms with Gasteiger partial charge in [-0.25, -0.2) is 18.7 Å². The first-order chi connectivity index (χ1) is 20.1. The highest BCUT2D eigenvalue weighted by atomic mass is 19.1. The molecular weight excluding hydrogens is 524 g/mol. The molecule has 0 spiro atoms. The van der Waals surface area contributed by atoms with E-state index in [1.54, 1.807) is 24.0 Å². The van der Waals surface area contributed by atoms with E-state index in [9.17, 15) is 8.78 Å². The Balaban J connectivity index is 1.41. The SMILES string of the molecule is CCOc1cc(F)c(Cn2nc(-c3nc(CN4CCCCC4)cc(Nc4ccncc4)n3)c3ccccc32)c(F)c1. The van der Waals surface area contributed by atoms with Crippen molar-refractivity contribution in [1.82, 2.24) is 29.6 Å². The summed E-state index contributed by atoms with van der Waals surface area (Å²) in [7, 11) is 0. The van der Waals surface area contributed by atoms with Crippen molar-refractivity contribution in [2.24, 2.45) is 0 Å². The maximum atomic E-state index is 15.0. The molecule has 0 unspecified atom stereocenters. The molecule has 6 rings (SSSR count). The van der Waals surface area contributed by atoms with E-state index in [2.05, 4.69) is 15.2 Å². The molecule has 5 aromatic rings. The molecule has 4 heterocycles. The van der Waals surface area contributed by atoms with E-state index in [1.165, 1.54) is 31.4 Å². The van der Waals surface area contributed by atoms with Gasteiger partial charge in [0, 0.05) is 53.8 Å². The van der Waals surface area contributed by atoms with Crippen LogP contribution in [-0.4, -0.2) is 49.3 Å². The average Bonchev–Trinajstić information content (AvgIpc) is 3.35. The largest absolute Gasteiger partial charge is 0.494 e. The summed E-state index contributed by atoms with van der Waals surface area (Å²) in [5.41, 5.74) is 2.91. The zero-order chi connectivity index (χ0) is 28.2. The molecule has 8 nitrogen and oxygen atoms in total. The van der Waals surface area contributed by atoms with Gasteiger partial charge in [-0.2, -0.15) is 5.10 Å². The summed E-state index contributed by atoms with van der Waals surface area (Å²) in [6, 6.07) is 15.7. The van der Waals surface area contributed by atoms with Crippen molar-refractivity contribution in [3.8, 4) is 17.3 Å². The van der Waals surface area contributed by atoms with Gasteiger partial charge in [0.15, 0.2) is 5.82 Å². The Kier molecular flexibility index (Phi) is 7.82.